The van der Waals surface area contributed by atoms with Crippen LogP contribution < -0.4 is 15.2 Å². The molecule has 0 radical (unpaired) electrons. The second kappa shape index (κ2) is 10.9. The molecule has 0 amide bonds. The van der Waals surface area contributed by atoms with E-state index in [1.807, 2.05) is 32.0 Å². The Morgan fingerprint density at radius 2 is 1.92 bits per heavy atom. The average Bonchev–Trinajstić information content (AvgIpc) is 2.57. The number of nitrogens with two attached hydrogens (primary N) is 1. The molecule has 3 N–H and O–H groups in total. The molecule has 0 heterocycles. The van der Waals surface area contributed by atoms with E-state index in [0.29, 0.717) is 25.6 Å². The molecule has 24 heavy (non-hydrogen) atoms. The first-order valence-electron chi connectivity index (χ1n) is 8.86. The van der Waals surface area contributed by atoms with Crippen molar-refractivity contribution in [2.75, 3.05) is 19.8 Å². The van der Waals surface area contributed by atoms with Crippen LogP contribution >= 0.6 is 0 Å². The minimum absolute atomic E-state index is 0.194. The van der Waals surface area contributed by atoms with Gasteiger partial charge in [0, 0.05) is 12.6 Å². The zero-order valence-electron chi connectivity index (χ0n) is 15.1. The van der Waals surface area contributed by atoms with Crippen molar-refractivity contribution in [2.24, 2.45) is 17.6 Å². The van der Waals surface area contributed by atoms with E-state index in [9.17, 15) is 9.90 Å². The van der Waals surface area contributed by atoms with Crippen molar-refractivity contribution in [1.82, 2.24) is 0 Å². The Morgan fingerprint density at radius 3 is 2.46 bits per heavy atom. The molecule has 2 atom stereocenters. The molecule has 0 aliphatic heterocycles. The second-order valence-electron chi connectivity index (χ2n) is 5.96. The Hall–Kier alpha value is -1.75. The highest BCUT2D eigenvalue weighted by Crippen LogP contribution is 2.29. The summed E-state index contributed by atoms with van der Waals surface area (Å²) in [7, 11) is 0. The standard InChI is InChI=1S/C19H31NO4/c1-4-14(11-16(13-20)19(21)22)7-8-15-9-10-17(23-5-2)12-18(15)24-6-3/h9-10,12,14,16H,4-8,11,13,20H2,1-3H3,(H,21,22). The van der Waals surface area contributed by atoms with Crippen molar-refractivity contribution < 1.29 is 19.4 Å². The number of hydrogen-bond donors (Lipinski definition) is 2. The molecular weight excluding hydrogens is 306 g/mol. The number of ether oxygens (including phenoxy) is 2. The number of benzene rings is 1. The van der Waals surface area contributed by atoms with Crippen LogP contribution in [0.15, 0.2) is 18.2 Å². The maximum Gasteiger partial charge on any atom is 0.307 e. The number of rotatable bonds is 12. The van der Waals surface area contributed by atoms with E-state index in [1.54, 1.807) is 0 Å². The lowest BCUT2D eigenvalue weighted by atomic mass is 9.88. The van der Waals surface area contributed by atoms with E-state index in [-0.39, 0.29) is 6.54 Å². The molecule has 0 fully saturated rings. The number of carbonyl (C=O) groups is 1. The summed E-state index contributed by atoms with van der Waals surface area (Å²) in [5, 5.41) is 9.18. The maximum atomic E-state index is 11.2. The normalized spacial score (nSPS) is 13.3. The molecule has 0 saturated heterocycles. The van der Waals surface area contributed by atoms with Crippen LogP contribution in [0.5, 0.6) is 11.5 Å². The summed E-state index contributed by atoms with van der Waals surface area (Å²) < 4.78 is 11.3. The number of aliphatic carboxylic acids is 1. The minimum Gasteiger partial charge on any atom is -0.494 e. The summed E-state index contributed by atoms with van der Waals surface area (Å²) in [6.07, 6.45) is 3.36. The van der Waals surface area contributed by atoms with Gasteiger partial charge in [-0.2, -0.15) is 0 Å². The molecule has 1 aromatic rings. The molecule has 0 saturated carbocycles. The number of aryl methyl sites for hydroxylation is 1. The van der Waals surface area contributed by atoms with Crippen molar-refractivity contribution in [3.05, 3.63) is 23.8 Å². The monoisotopic (exact) mass is 337 g/mol. The zero-order chi connectivity index (χ0) is 17.9. The highest BCUT2D eigenvalue weighted by atomic mass is 16.5. The minimum atomic E-state index is -0.799. The van der Waals surface area contributed by atoms with Gasteiger partial charge >= 0.3 is 5.97 Å². The lowest BCUT2D eigenvalue weighted by Crippen LogP contribution is -2.26. The quantitative estimate of drug-likeness (QED) is 0.610. The first-order chi connectivity index (χ1) is 11.5. The van der Waals surface area contributed by atoms with Crippen LogP contribution in [0.25, 0.3) is 0 Å². The van der Waals surface area contributed by atoms with E-state index in [4.69, 9.17) is 15.2 Å². The predicted octanol–water partition coefficient (Wildman–Crippen LogP) is 3.49. The third kappa shape index (κ3) is 6.40. The number of carboxylic acid groups (broad SMARTS) is 1. The zero-order valence-corrected chi connectivity index (χ0v) is 15.1. The molecule has 0 aromatic heterocycles. The van der Waals surface area contributed by atoms with E-state index >= 15 is 0 Å². The maximum absolute atomic E-state index is 11.2. The Morgan fingerprint density at radius 1 is 1.21 bits per heavy atom. The van der Waals surface area contributed by atoms with Crippen LogP contribution in [0.2, 0.25) is 0 Å². The fraction of sp³-hybridized carbons (Fsp3) is 0.632. The molecule has 5 nitrogen and oxygen atoms in total. The van der Waals surface area contributed by atoms with Gasteiger partial charge in [0.15, 0.2) is 0 Å². The third-order valence-corrected chi connectivity index (χ3v) is 4.30. The summed E-state index contributed by atoms with van der Waals surface area (Å²) in [6, 6.07) is 5.94. The van der Waals surface area contributed by atoms with Crippen LogP contribution in [0.4, 0.5) is 0 Å². The van der Waals surface area contributed by atoms with Crippen LogP contribution in [-0.4, -0.2) is 30.8 Å². The van der Waals surface area contributed by atoms with Crippen molar-refractivity contribution >= 4 is 5.97 Å². The van der Waals surface area contributed by atoms with Crippen LogP contribution in [0.1, 0.15) is 45.6 Å². The molecule has 1 aromatic carbocycles. The van der Waals surface area contributed by atoms with Gasteiger partial charge in [-0.05, 0) is 50.7 Å². The van der Waals surface area contributed by atoms with Gasteiger partial charge in [0.25, 0.3) is 0 Å². The van der Waals surface area contributed by atoms with Crippen LogP contribution in [0, 0.1) is 11.8 Å². The summed E-state index contributed by atoms with van der Waals surface area (Å²) in [4.78, 5) is 11.2. The molecule has 136 valence electrons. The van der Waals surface area contributed by atoms with Gasteiger partial charge in [0.2, 0.25) is 0 Å². The largest absolute Gasteiger partial charge is 0.494 e. The summed E-state index contributed by atoms with van der Waals surface area (Å²) in [6.45, 7) is 7.44. The van der Waals surface area contributed by atoms with Crippen LogP contribution in [0.3, 0.4) is 0 Å². The lowest BCUT2D eigenvalue weighted by Gasteiger charge is -2.20. The second-order valence-corrected chi connectivity index (χ2v) is 5.96. The Kier molecular flexibility index (Phi) is 9.23. The molecule has 0 aliphatic rings. The summed E-state index contributed by atoms with van der Waals surface area (Å²) >= 11 is 0. The number of hydrogen-bond acceptors (Lipinski definition) is 4. The molecule has 0 spiro atoms. The summed E-state index contributed by atoms with van der Waals surface area (Å²) in [5.41, 5.74) is 6.72. The Balaban J connectivity index is 2.74. The topological polar surface area (TPSA) is 81.8 Å². The molecular formula is C19H31NO4. The highest BCUT2D eigenvalue weighted by Gasteiger charge is 2.20. The first-order valence-corrected chi connectivity index (χ1v) is 8.86. The van der Waals surface area contributed by atoms with Gasteiger partial charge in [0.1, 0.15) is 11.5 Å². The average molecular weight is 337 g/mol. The van der Waals surface area contributed by atoms with Crippen LogP contribution in [-0.2, 0) is 11.2 Å². The van der Waals surface area contributed by atoms with Gasteiger partial charge < -0.3 is 20.3 Å². The summed E-state index contributed by atoms with van der Waals surface area (Å²) in [5.74, 6) is 0.752. The third-order valence-electron chi connectivity index (χ3n) is 4.30. The van der Waals surface area contributed by atoms with Gasteiger partial charge in [-0.3, -0.25) is 4.79 Å². The molecule has 2 unspecified atom stereocenters. The first kappa shape index (κ1) is 20.3. The van der Waals surface area contributed by atoms with Crippen molar-refractivity contribution in [3.63, 3.8) is 0 Å². The van der Waals surface area contributed by atoms with E-state index in [0.717, 1.165) is 36.3 Å². The van der Waals surface area contributed by atoms with Gasteiger partial charge in [-0.25, -0.2) is 0 Å². The van der Waals surface area contributed by atoms with E-state index in [2.05, 4.69) is 6.92 Å². The predicted molar refractivity (Wildman–Crippen MR) is 95.7 cm³/mol. The Labute approximate surface area is 145 Å². The fourth-order valence-electron chi connectivity index (χ4n) is 2.84. The smallest absolute Gasteiger partial charge is 0.307 e. The van der Waals surface area contributed by atoms with Gasteiger partial charge in [-0.15, -0.1) is 0 Å². The van der Waals surface area contributed by atoms with Crippen molar-refractivity contribution in [3.8, 4) is 11.5 Å². The van der Waals surface area contributed by atoms with Crippen molar-refractivity contribution in [2.45, 2.75) is 46.5 Å². The molecule has 0 bridgehead atoms. The fourth-order valence-corrected chi connectivity index (χ4v) is 2.84. The van der Waals surface area contributed by atoms with E-state index in [1.165, 1.54) is 0 Å². The van der Waals surface area contributed by atoms with Crippen molar-refractivity contribution in [1.29, 1.82) is 0 Å². The molecule has 0 aliphatic carbocycles. The highest BCUT2D eigenvalue weighted by molar-refractivity contribution is 5.70. The van der Waals surface area contributed by atoms with E-state index < -0.39 is 11.9 Å². The van der Waals surface area contributed by atoms with Gasteiger partial charge in [0.05, 0.1) is 19.1 Å². The SMILES string of the molecule is CCOc1ccc(CCC(CC)CC(CN)C(=O)O)c(OCC)c1. The van der Waals surface area contributed by atoms with Gasteiger partial charge in [-0.1, -0.05) is 19.4 Å². The number of carboxylic acids is 1. The molecule has 5 heteroatoms. The molecule has 1 rings (SSSR count). The Bertz CT molecular complexity index is 504. The lowest BCUT2D eigenvalue weighted by molar-refractivity contribution is -0.142.